The van der Waals surface area contributed by atoms with Gasteiger partial charge in [-0.2, -0.15) is 0 Å². The highest BCUT2D eigenvalue weighted by atomic mass is 16.2. The molecule has 0 saturated heterocycles. The predicted octanol–water partition coefficient (Wildman–Crippen LogP) is -0.0377. The van der Waals surface area contributed by atoms with Crippen LogP contribution >= 0.6 is 0 Å². The maximum Gasteiger partial charge on any atom is 0.332 e. The number of nitrogens with zero attached hydrogens (tertiary/aromatic N) is 4. The Kier molecular flexibility index (Phi) is 3.33. The second kappa shape index (κ2) is 4.59. The minimum absolute atomic E-state index is 0.169. The van der Waals surface area contributed by atoms with E-state index in [9.17, 15) is 9.59 Å². The maximum atomic E-state index is 12.6. The molecule has 20 heavy (non-hydrogen) atoms. The molecule has 0 spiro atoms. The molecule has 2 aromatic heterocycles. The van der Waals surface area contributed by atoms with Gasteiger partial charge in [0, 0.05) is 25.7 Å². The van der Waals surface area contributed by atoms with Crippen molar-refractivity contribution in [3.05, 3.63) is 26.7 Å². The van der Waals surface area contributed by atoms with Gasteiger partial charge in [-0.15, -0.1) is 0 Å². The zero-order valence-electron chi connectivity index (χ0n) is 12.6. The molecule has 0 fully saturated rings. The number of aromatic nitrogens is 4. The molecule has 2 heterocycles. The molecule has 7 nitrogen and oxygen atoms in total. The average Bonchev–Trinajstić information content (AvgIpc) is 2.67. The lowest BCUT2D eigenvalue weighted by Gasteiger charge is -2.19. The fourth-order valence-corrected chi connectivity index (χ4v) is 2.41. The molecule has 0 unspecified atom stereocenters. The third-order valence-corrected chi connectivity index (χ3v) is 3.31. The van der Waals surface area contributed by atoms with Crippen molar-refractivity contribution in [2.45, 2.75) is 46.3 Å². The van der Waals surface area contributed by atoms with Gasteiger partial charge >= 0.3 is 5.69 Å². The van der Waals surface area contributed by atoms with Crippen molar-refractivity contribution in [3.8, 4) is 0 Å². The summed E-state index contributed by atoms with van der Waals surface area (Å²) in [6.07, 6.45) is 0. The first kappa shape index (κ1) is 14.5. The van der Waals surface area contributed by atoms with Gasteiger partial charge in [0.25, 0.3) is 5.56 Å². The summed E-state index contributed by atoms with van der Waals surface area (Å²) in [7, 11) is 1.62. The molecular weight excluding hydrogens is 258 g/mol. The van der Waals surface area contributed by atoms with E-state index in [4.69, 9.17) is 5.73 Å². The van der Waals surface area contributed by atoms with E-state index in [-0.39, 0.29) is 17.8 Å². The smallest absolute Gasteiger partial charge is 0.324 e. The van der Waals surface area contributed by atoms with Crippen LogP contribution in [0, 0.1) is 6.92 Å². The van der Waals surface area contributed by atoms with E-state index in [1.807, 2.05) is 18.4 Å². The average molecular weight is 279 g/mol. The normalized spacial score (nSPS) is 12.3. The minimum Gasteiger partial charge on any atom is -0.324 e. The summed E-state index contributed by atoms with van der Waals surface area (Å²) in [5, 5.41) is 0. The molecular formula is C13H21N5O2. The highest BCUT2D eigenvalue weighted by Crippen LogP contribution is 2.10. The zero-order valence-corrected chi connectivity index (χ0v) is 12.6. The van der Waals surface area contributed by atoms with E-state index in [1.165, 1.54) is 9.13 Å². The van der Waals surface area contributed by atoms with Crippen LogP contribution in [0.5, 0.6) is 0 Å². The van der Waals surface area contributed by atoms with Crippen LogP contribution in [-0.2, 0) is 20.1 Å². The van der Waals surface area contributed by atoms with Gasteiger partial charge in [-0.1, -0.05) is 0 Å². The Balaban J connectivity index is 2.91. The van der Waals surface area contributed by atoms with E-state index in [2.05, 4.69) is 4.98 Å². The molecule has 2 aromatic rings. The number of nitrogens with two attached hydrogens (primary N) is 1. The Morgan fingerprint density at radius 3 is 2.35 bits per heavy atom. The summed E-state index contributed by atoms with van der Waals surface area (Å²) >= 11 is 0. The first-order valence-electron chi connectivity index (χ1n) is 6.63. The number of aryl methyl sites for hydroxylation is 3. The fraction of sp³-hybridized carbons (Fsp3) is 0.615. The van der Waals surface area contributed by atoms with Gasteiger partial charge in [-0.3, -0.25) is 13.9 Å². The SMILES string of the molecule is CCn1c(C)nc2c1c(=O)n(CC(C)(C)N)c(=O)n2C. The van der Waals surface area contributed by atoms with Gasteiger partial charge < -0.3 is 10.3 Å². The van der Waals surface area contributed by atoms with Gasteiger partial charge in [0.1, 0.15) is 5.82 Å². The maximum absolute atomic E-state index is 12.6. The second-order valence-corrected chi connectivity index (χ2v) is 5.80. The van der Waals surface area contributed by atoms with Crippen molar-refractivity contribution in [2.75, 3.05) is 0 Å². The van der Waals surface area contributed by atoms with Crippen LogP contribution < -0.4 is 17.0 Å². The standard InChI is InChI=1S/C13H21N5O2/c1-6-17-8(2)15-10-9(17)11(19)18(7-13(3,4)14)12(20)16(10)5/h6-7,14H2,1-5H3. The third-order valence-electron chi connectivity index (χ3n) is 3.31. The van der Waals surface area contributed by atoms with Crippen LogP contribution in [-0.4, -0.2) is 24.2 Å². The molecule has 0 aliphatic rings. The summed E-state index contributed by atoms with van der Waals surface area (Å²) in [5.74, 6) is 0.722. The molecule has 0 aromatic carbocycles. The molecule has 0 aliphatic heterocycles. The zero-order chi connectivity index (χ0) is 15.2. The monoisotopic (exact) mass is 279 g/mol. The molecule has 0 bridgehead atoms. The Hall–Kier alpha value is -1.89. The Labute approximate surface area is 116 Å². The van der Waals surface area contributed by atoms with Gasteiger partial charge in [-0.05, 0) is 27.7 Å². The highest BCUT2D eigenvalue weighted by molar-refractivity contribution is 5.70. The fourth-order valence-electron chi connectivity index (χ4n) is 2.41. The first-order chi connectivity index (χ1) is 9.17. The van der Waals surface area contributed by atoms with Crippen LogP contribution in [0.2, 0.25) is 0 Å². The lowest BCUT2D eigenvalue weighted by molar-refractivity contribution is 0.411. The number of fused-ring (bicyclic) bond motifs is 1. The van der Waals surface area contributed by atoms with E-state index in [0.717, 1.165) is 5.82 Å². The van der Waals surface area contributed by atoms with Crippen molar-refractivity contribution in [1.29, 1.82) is 0 Å². The Morgan fingerprint density at radius 2 is 1.85 bits per heavy atom. The molecule has 0 atom stereocenters. The van der Waals surface area contributed by atoms with Crippen molar-refractivity contribution < 1.29 is 0 Å². The largest absolute Gasteiger partial charge is 0.332 e. The molecule has 0 saturated carbocycles. The van der Waals surface area contributed by atoms with E-state index in [1.54, 1.807) is 20.9 Å². The van der Waals surface area contributed by atoms with E-state index >= 15 is 0 Å². The van der Waals surface area contributed by atoms with Crippen molar-refractivity contribution in [1.82, 2.24) is 18.7 Å². The van der Waals surface area contributed by atoms with Gasteiger partial charge in [0.2, 0.25) is 0 Å². The van der Waals surface area contributed by atoms with Gasteiger partial charge in [0.15, 0.2) is 11.2 Å². The predicted molar refractivity (Wildman–Crippen MR) is 77.9 cm³/mol. The summed E-state index contributed by atoms with van der Waals surface area (Å²) in [6, 6.07) is 0. The van der Waals surface area contributed by atoms with Crippen molar-refractivity contribution >= 4 is 11.2 Å². The molecule has 110 valence electrons. The number of hydrogen-bond donors (Lipinski definition) is 1. The minimum atomic E-state index is -0.643. The Morgan fingerprint density at radius 1 is 1.25 bits per heavy atom. The first-order valence-corrected chi connectivity index (χ1v) is 6.63. The van der Waals surface area contributed by atoms with Gasteiger partial charge in [-0.25, -0.2) is 9.78 Å². The lowest BCUT2D eigenvalue weighted by Crippen LogP contribution is -2.48. The quantitative estimate of drug-likeness (QED) is 0.854. The van der Waals surface area contributed by atoms with Gasteiger partial charge in [0.05, 0.1) is 0 Å². The van der Waals surface area contributed by atoms with Crippen molar-refractivity contribution in [3.63, 3.8) is 0 Å². The second-order valence-electron chi connectivity index (χ2n) is 5.80. The summed E-state index contributed by atoms with van der Waals surface area (Å²) in [4.78, 5) is 29.2. The van der Waals surface area contributed by atoms with Crippen LogP contribution in [0.3, 0.4) is 0 Å². The molecule has 0 amide bonds. The summed E-state index contributed by atoms with van der Waals surface area (Å²) in [6.45, 7) is 8.13. The van der Waals surface area contributed by atoms with Crippen LogP contribution in [0.25, 0.3) is 11.2 Å². The van der Waals surface area contributed by atoms with Crippen LogP contribution in [0.15, 0.2) is 9.59 Å². The third kappa shape index (κ3) is 2.18. The number of rotatable bonds is 3. The summed E-state index contributed by atoms with van der Waals surface area (Å²) in [5.41, 5.74) is 5.46. The van der Waals surface area contributed by atoms with E-state index < -0.39 is 5.54 Å². The summed E-state index contributed by atoms with van der Waals surface area (Å²) < 4.78 is 4.41. The Bertz CT molecular complexity index is 773. The van der Waals surface area contributed by atoms with Crippen LogP contribution in [0.4, 0.5) is 0 Å². The number of hydrogen-bond acceptors (Lipinski definition) is 4. The van der Waals surface area contributed by atoms with Crippen molar-refractivity contribution in [2.24, 2.45) is 12.8 Å². The lowest BCUT2D eigenvalue weighted by atomic mass is 10.1. The van der Waals surface area contributed by atoms with Crippen LogP contribution in [0.1, 0.15) is 26.6 Å². The molecule has 0 radical (unpaired) electrons. The highest BCUT2D eigenvalue weighted by Gasteiger charge is 2.21. The molecule has 7 heteroatoms. The molecule has 2 N–H and O–H groups in total. The van der Waals surface area contributed by atoms with E-state index in [0.29, 0.717) is 17.7 Å². The molecule has 2 rings (SSSR count). The molecule has 0 aliphatic carbocycles. The topological polar surface area (TPSA) is 87.8 Å². The number of imidazole rings is 1.